The van der Waals surface area contributed by atoms with E-state index in [0.29, 0.717) is 0 Å². The van der Waals surface area contributed by atoms with Gasteiger partial charge >= 0.3 is 29.4 Å². The number of hydrogen-bond acceptors (Lipinski definition) is 20. The zero-order valence-corrected chi connectivity index (χ0v) is 29.0. The minimum absolute atomic E-state index is 0.0401. The maximum absolute atomic E-state index is 12.9. The zero-order valence-electron chi connectivity index (χ0n) is 26.3. The Morgan fingerprint density at radius 1 is 1.04 bits per heavy atom. The molecule has 0 radical (unpaired) electrons. The van der Waals surface area contributed by atoms with Crippen molar-refractivity contribution in [2.24, 2.45) is 5.73 Å². The molecule has 5 heterocycles. The van der Waals surface area contributed by atoms with E-state index in [2.05, 4.69) is 23.8 Å². The molecular weight excluding hydrogens is 771 g/mol. The average molecular weight is 803 g/mol. The summed E-state index contributed by atoms with van der Waals surface area (Å²) in [5.74, 6) is -5.07. The molecule has 5 rings (SSSR count). The molecule has 0 saturated carbocycles. The number of nitrogen functional groups attached to an aromatic ring is 1. The smallest absolute Gasteiger partial charge is 0.428 e. The number of ether oxygens (including phenoxy) is 3. The number of esters is 1. The quantitative estimate of drug-likeness (QED) is 0.0694. The zero-order chi connectivity index (χ0) is 38.4. The van der Waals surface area contributed by atoms with Crippen molar-refractivity contribution in [2.75, 3.05) is 18.9 Å². The second-order valence-electron chi connectivity index (χ2n) is 11.2. The lowest BCUT2D eigenvalue weighted by Crippen LogP contribution is -2.50. The number of amides is 1. The van der Waals surface area contributed by atoms with Crippen molar-refractivity contribution >= 4 is 52.3 Å². The van der Waals surface area contributed by atoms with Crippen LogP contribution in [-0.2, 0) is 55.4 Å². The van der Waals surface area contributed by atoms with Crippen LogP contribution in [0.25, 0.3) is 11.2 Å². The van der Waals surface area contributed by atoms with Crippen molar-refractivity contribution < 1.29 is 90.3 Å². The van der Waals surface area contributed by atoms with Crippen LogP contribution in [0.15, 0.2) is 36.7 Å². The van der Waals surface area contributed by atoms with Gasteiger partial charge in [0.05, 0.1) is 12.9 Å². The number of anilines is 1. The molecule has 2 aromatic heterocycles. The fraction of sp³-hybridized carbons (Fsp3) is 0.522. The third-order valence-corrected chi connectivity index (χ3v) is 10.6. The number of imidazole rings is 1. The molecule has 11 N–H and O–H groups in total. The van der Waals surface area contributed by atoms with Gasteiger partial charge in [0.25, 0.3) is 5.79 Å². The fourth-order valence-electron chi connectivity index (χ4n) is 5.29. The summed E-state index contributed by atoms with van der Waals surface area (Å²) in [5, 5.41) is 32.1. The highest BCUT2D eigenvalue weighted by Gasteiger charge is 2.62. The molecule has 1 amide bonds. The number of nitrogens with zero attached hydrogens (tertiary/aromatic N) is 5. The van der Waals surface area contributed by atoms with E-state index >= 15 is 0 Å². The highest BCUT2D eigenvalue weighted by molar-refractivity contribution is 7.61. The number of aliphatic hydroxyl groups excluding tert-OH is 3. The van der Waals surface area contributed by atoms with E-state index in [4.69, 9.17) is 34.7 Å². The van der Waals surface area contributed by atoms with E-state index in [-0.39, 0.29) is 29.0 Å². The van der Waals surface area contributed by atoms with Crippen molar-refractivity contribution in [2.45, 2.75) is 62.1 Å². The molecule has 2 unspecified atom stereocenters. The number of carbonyl (C=O) groups is 2. The van der Waals surface area contributed by atoms with Gasteiger partial charge in [0.15, 0.2) is 30.0 Å². The van der Waals surface area contributed by atoms with Gasteiger partial charge in [-0.25, -0.2) is 28.6 Å². The van der Waals surface area contributed by atoms with Crippen molar-refractivity contribution in [3.8, 4) is 0 Å². The Labute approximate surface area is 290 Å². The van der Waals surface area contributed by atoms with Gasteiger partial charge in [-0.05, 0) is 6.42 Å². The number of carbonyl (C=O) groups excluding carboxylic acids is 2. The molecule has 0 aliphatic carbocycles. The number of allylic oxidation sites excluding steroid dienone is 1. The predicted octanol–water partition coefficient (Wildman–Crippen LogP) is -2.68. The lowest BCUT2D eigenvalue weighted by Gasteiger charge is -2.31. The van der Waals surface area contributed by atoms with Gasteiger partial charge in [-0.3, -0.25) is 27.7 Å². The Bertz CT molecular complexity index is 1910. The van der Waals surface area contributed by atoms with E-state index < -0.39 is 97.3 Å². The van der Waals surface area contributed by atoms with Crippen LogP contribution in [0.3, 0.4) is 0 Å². The highest BCUT2D eigenvalue weighted by Crippen LogP contribution is 2.61. The first-order chi connectivity index (χ1) is 24.1. The Kier molecular flexibility index (Phi) is 11.4. The van der Waals surface area contributed by atoms with Gasteiger partial charge in [0, 0.05) is 24.9 Å². The van der Waals surface area contributed by atoms with Crippen LogP contribution in [0.2, 0.25) is 0 Å². The molecule has 2 aromatic rings. The average Bonchev–Trinajstić information content (AvgIpc) is 3.67. The minimum atomic E-state index is -5.80. The second kappa shape index (κ2) is 14.9. The topological polar surface area (TPSA) is 390 Å². The van der Waals surface area contributed by atoms with Crippen molar-refractivity contribution in [1.82, 2.24) is 24.4 Å². The van der Waals surface area contributed by atoms with Crippen LogP contribution in [0, 0.1) is 0 Å². The first kappa shape index (κ1) is 39.9. The molecule has 3 aliphatic heterocycles. The number of hydrogen-bond donors (Lipinski definition) is 9. The Balaban J connectivity index is 1.29. The minimum Gasteiger partial charge on any atom is -0.428 e. The summed E-state index contributed by atoms with van der Waals surface area (Å²) < 4.78 is 72.9. The fourth-order valence-corrected chi connectivity index (χ4v) is 7.93. The third-order valence-electron chi connectivity index (χ3n) is 7.50. The van der Waals surface area contributed by atoms with E-state index in [1.54, 1.807) is 0 Å². The summed E-state index contributed by atoms with van der Waals surface area (Å²) in [6.45, 7) is -1.75. The summed E-state index contributed by atoms with van der Waals surface area (Å²) in [5.41, 5.74) is 11.0. The molecular formula is C23H32N7O19P3. The number of nitrogens with two attached hydrogens (primary N) is 2. The number of phosphoric acid groups is 3. The number of primary amides is 1. The maximum atomic E-state index is 12.9. The monoisotopic (exact) mass is 803 g/mol. The normalized spacial score (nSPS) is 31.7. The molecule has 2 saturated heterocycles. The third kappa shape index (κ3) is 8.75. The molecule has 29 heteroatoms. The maximum Gasteiger partial charge on any atom is 0.481 e. The van der Waals surface area contributed by atoms with Gasteiger partial charge in [0.2, 0.25) is 5.91 Å². The molecule has 3 aliphatic rings. The Morgan fingerprint density at radius 3 is 2.38 bits per heavy atom. The second-order valence-corrected chi connectivity index (χ2v) is 15.4. The lowest BCUT2D eigenvalue weighted by atomic mass is 10.1. The van der Waals surface area contributed by atoms with Crippen LogP contribution < -0.4 is 11.5 Å². The Morgan fingerprint density at radius 2 is 1.73 bits per heavy atom. The summed E-state index contributed by atoms with van der Waals surface area (Å²) >= 11 is 0. The van der Waals surface area contributed by atoms with Crippen molar-refractivity contribution in [3.63, 3.8) is 0 Å². The van der Waals surface area contributed by atoms with Crippen molar-refractivity contribution in [1.29, 1.82) is 0 Å². The molecule has 2 fully saturated rings. The SMILES string of the molecule is CC(=O)O[C@@]1(COP(=O)(O)OP(=O)(O)OC[C@H]2O[C@@H](N3C=CCC(C(N)=O)=C3)[C@H](O)[C@@H]2O)O[C@@H](n2cnc3c(N)ncnc32)[C@H](OP(=O)(O)O)[C@H]1O. The lowest BCUT2D eigenvalue weighted by molar-refractivity contribution is -0.266. The summed E-state index contributed by atoms with van der Waals surface area (Å²) in [7, 11) is -16.9. The van der Waals surface area contributed by atoms with Gasteiger partial charge in [-0.15, -0.1) is 0 Å². The number of rotatable bonds is 14. The molecule has 0 aromatic carbocycles. The van der Waals surface area contributed by atoms with Gasteiger partial charge in [-0.1, -0.05) is 6.08 Å². The molecule has 0 bridgehead atoms. The van der Waals surface area contributed by atoms with Crippen molar-refractivity contribution in [3.05, 3.63) is 36.7 Å². The van der Waals surface area contributed by atoms with Crippen LogP contribution in [0.1, 0.15) is 19.6 Å². The Hall–Kier alpha value is -3.26. The highest BCUT2D eigenvalue weighted by atomic mass is 31.3. The van der Waals surface area contributed by atoms with E-state index in [1.807, 2.05) is 0 Å². The molecule has 288 valence electrons. The van der Waals surface area contributed by atoms with E-state index in [0.717, 1.165) is 24.1 Å². The number of phosphoric ester groups is 3. The predicted molar refractivity (Wildman–Crippen MR) is 163 cm³/mol. The molecule has 0 spiro atoms. The van der Waals surface area contributed by atoms with Crippen LogP contribution in [-0.4, -0.2) is 127 Å². The summed E-state index contributed by atoms with van der Waals surface area (Å²) in [6, 6.07) is 0. The molecule has 52 heavy (non-hydrogen) atoms. The van der Waals surface area contributed by atoms with Gasteiger partial charge in [-0.2, -0.15) is 4.31 Å². The first-order valence-electron chi connectivity index (χ1n) is 14.5. The molecule has 10 atom stereocenters. The van der Waals surface area contributed by atoms with Crippen LogP contribution >= 0.6 is 23.5 Å². The van der Waals surface area contributed by atoms with E-state index in [9.17, 15) is 58.2 Å². The number of aliphatic hydroxyl groups is 3. The van der Waals surface area contributed by atoms with E-state index in [1.165, 1.54) is 23.4 Å². The number of aromatic nitrogens is 4. The largest absolute Gasteiger partial charge is 0.481 e. The molecule has 26 nitrogen and oxygen atoms in total. The summed E-state index contributed by atoms with van der Waals surface area (Å²) in [6.07, 6.45) is -6.42. The van der Waals surface area contributed by atoms with Gasteiger partial charge < -0.3 is 65.5 Å². The first-order valence-corrected chi connectivity index (χ1v) is 19.0. The summed E-state index contributed by atoms with van der Waals surface area (Å²) in [4.78, 5) is 76.1. The van der Waals surface area contributed by atoms with Gasteiger partial charge in [0.1, 0.15) is 42.9 Å². The van der Waals surface area contributed by atoms with Crippen LogP contribution in [0.4, 0.5) is 5.82 Å². The number of fused-ring (bicyclic) bond motifs is 1. The van der Waals surface area contributed by atoms with Crippen LogP contribution in [0.5, 0.6) is 0 Å². The standard InChI is InChI=1S/C23H32N7O19P3/c1-10(31)46-23(17(34)16(48-50(36,37)38)22(47-23)30-9-28-13-18(24)26-8-27-20(13)30)7-44-52(41,42)49-51(39,40)43-6-12-14(32)15(33)21(45-12)29-4-2-3-11(5-29)19(25)35/h2,4-5,8-9,12,14-17,21-22,32-34H,3,6-7H2,1H3,(H2,25,35)(H,39,40)(H,41,42)(H2,24,26,27)(H2,36,37,38)/t12-,14-,15-,16-,17-,21-,22-,23+/m1/s1.